The van der Waals surface area contributed by atoms with E-state index in [1.807, 2.05) is 20.8 Å². The third kappa shape index (κ3) is 15.6. The average Bonchev–Trinajstić information content (AvgIpc) is 2.71. The summed E-state index contributed by atoms with van der Waals surface area (Å²) in [7, 11) is 1.11. The Morgan fingerprint density at radius 3 is 1.15 bits per heavy atom. The zero-order valence-electron chi connectivity index (χ0n) is 18.4. The predicted octanol–water partition coefficient (Wildman–Crippen LogP) is 1.21. The molecule has 0 radical (unpaired) electrons. The van der Waals surface area contributed by atoms with Crippen molar-refractivity contribution in [3.63, 3.8) is 0 Å². The fraction of sp³-hybridized carbons (Fsp3) is 1.00. The monoisotopic (exact) mass is 432 g/mol. The van der Waals surface area contributed by atoms with Crippen molar-refractivity contribution in [3.8, 4) is 0 Å². The molecule has 0 aromatic heterocycles. The van der Waals surface area contributed by atoms with Crippen molar-refractivity contribution in [3.05, 3.63) is 0 Å². The summed E-state index contributed by atoms with van der Waals surface area (Å²) in [6, 6.07) is 1.60. The van der Waals surface area contributed by atoms with Gasteiger partial charge in [-0.15, -0.1) is 0 Å². The Hall–Kier alpha value is 0.0738. The van der Waals surface area contributed by atoms with E-state index in [-0.39, 0.29) is 0 Å². The van der Waals surface area contributed by atoms with Crippen LogP contribution in [0, 0.1) is 0 Å². The van der Waals surface area contributed by atoms with E-state index in [0.29, 0.717) is 32.9 Å². The molecule has 0 saturated carbocycles. The maximum absolute atomic E-state index is 7.00. The van der Waals surface area contributed by atoms with Gasteiger partial charge in [-0.05, 0) is 46.7 Å². The number of rotatable bonds is 15. The maximum atomic E-state index is 7.00. The van der Waals surface area contributed by atoms with Gasteiger partial charge in [0, 0.05) is 60.3 Å². The molecule has 168 valence electrons. The zero-order chi connectivity index (χ0) is 21.6. The fourth-order valence-electron chi connectivity index (χ4n) is 2.19. The van der Waals surface area contributed by atoms with Crippen molar-refractivity contribution in [2.24, 2.45) is 11.5 Å². The van der Waals surface area contributed by atoms with Gasteiger partial charge < -0.3 is 43.1 Å². The summed E-state index contributed by atoms with van der Waals surface area (Å²) < 4.78 is 32.5. The van der Waals surface area contributed by atoms with Crippen LogP contribution in [0.25, 0.3) is 0 Å². The number of aliphatic hydroxyl groups excluding tert-OH is 1. The topological polar surface area (TPSA) is 128 Å². The van der Waals surface area contributed by atoms with E-state index in [4.69, 9.17) is 43.1 Å². The first-order valence-corrected chi connectivity index (χ1v) is 13.3. The van der Waals surface area contributed by atoms with E-state index in [0.717, 1.165) is 32.0 Å². The van der Waals surface area contributed by atoms with Crippen molar-refractivity contribution in [1.82, 2.24) is 0 Å². The van der Waals surface area contributed by atoms with Gasteiger partial charge in [0.15, 0.2) is 0 Å². The van der Waals surface area contributed by atoms with Crippen molar-refractivity contribution in [1.29, 1.82) is 0 Å². The molecule has 0 spiro atoms. The number of nitrogens with two attached hydrogens (primary N) is 2. The van der Waals surface area contributed by atoms with Crippen LogP contribution in [0.5, 0.6) is 0 Å². The zero-order valence-corrected chi connectivity index (χ0v) is 20.4. The maximum Gasteiger partial charge on any atom is 0.500 e. The van der Waals surface area contributed by atoms with Crippen LogP contribution in [0.2, 0.25) is 12.1 Å². The highest BCUT2D eigenvalue weighted by molar-refractivity contribution is 6.61. The molecule has 0 fully saturated rings. The van der Waals surface area contributed by atoms with E-state index < -0.39 is 17.6 Å². The second-order valence-corrected chi connectivity index (χ2v) is 10.9. The van der Waals surface area contributed by atoms with Crippen molar-refractivity contribution in [2.75, 3.05) is 61.3 Å². The minimum absolute atomic E-state index is 0.636. The Morgan fingerprint density at radius 1 is 0.630 bits per heavy atom. The molecule has 0 rings (SSSR count). The predicted molar refractivity (Wildman–Crippen MR) is 113 cm³/mol. The highest BCUT2D eigenvalue weighted by atomic mass is 28.4. The molecule has 0 aliphatic heterocycles. The molecule has 11 heteroatoms. The van der Waals surface area contributed by atoms with Gasteiger partial charge in [-0.2, -0.15) is 0 Å². The highest BCUT2D eigenvalue weighted by Gasteiger charge is 2.39. The summed E-state index contributed by atoms with van der Waals surface area (Å²) >= 11 is 0. The summed E-state index contributed by atoms with van der Waals surface area (Å²) in [5.74, 6) is 0. The quantitative estimate of drug-likeness (QED) is 0.327. The molecule has 0 aromatic rings. The van der Waals surface area contributed by atoms with Crippen molar-refractivity contribution >= 4 is 17.6 Å². The second kappa shape index (κ2) is 22.4. The Morgan fingerprint density at radius 2 is 0.926 bits per heavy atom. The Labute approximate surface area is 168 Å². The van der Waals surface area contributed by atoms with Crippen LogP contribution < -0.4 is 11.5 Å². The molecular formula is C16H44N2O7Si2. The first-order valence-electron chi connectivity index (χ1n) is 9.41. The van der Waals surface area contributed by atoms with Crippen LogP contribution in [-0.4, -0.2) is 84.1 Å². The first-order chi connectivity index (χ1) is 13.0. The van der Waals surface area contributed by atoms with E-state index in [2.05, 4.69) is 0 Å². The Kier molecular flexibility index (Phi) is 26.3. The molecule has 27 heavy (non-hydrogen) atoms. The highest BCUT2D eigenvalue weighted by Crippen LogP contribution is 2.17. The van der Waals surface area contributed by atoms with E-state index in [9.17, 15) is 0 Å². The van der Waals surface area contributed by atoms with E-state index in [1.165, 1.54) is 0 Å². The number of aliphatic hydroxyl groups is 1. The average molecular weight is 433 g/mol. The summed E-state index contributed by atoms with van der Waals surface area (Å²) in [5, 5.41) is 7.00. The first kappa shape index (κ1) is 31.8. The van der Waals surface area contributed by atoms with Gasteiger partial charge in [-0.25, -0.2) is 0 Å². The van der Waals surface area contributed by atoms with Gasteiger partial charge in [0.05, 0.1) is 0 Å². The molecule has 0 saturated heterocycles. The fourth-order valence-corrected chi connectivity index (χ4v) is 6.58. The second-order valence-electron chi connectivity index (χ2n) is 5.06. The molecular weight excluding hydrogens is 388 g/mol. The molecule has 0 unspecified atom stereocenters. The van der Waals surface area contributed by atoms with Crippen LogP contribution in [0.1, 0.15) is 33.6 Å². The minimum atomic E-state index is -2.40. The molecule has 0 aromatic carbocycles. The molecule has 5 N–H and O–H groups in total. The van der Waals surface area contributed by atoms with Crippen LogP contribution in [0.15, 0.2) is 0 Å². The summed E-state index contributed by atoms with van der Waals surface area (Å²) in [5.41, 5.74) is 10.8. The third-order valence-electron chi connectivity index (χ3n) is 3.40. The van der Waals surface area contributed by atoms with Crippen LogP contribution >= 0.6 is 0 Å². The van der Waals surface area contributed by atoms with E-state index >= 15 is 0 Å². The van der Waals surface area contributed by atoms with Gasteiger partial charge in [0.1, 0.15) is 0 Å². The Bertz CT molecular complexity index is 264. The molecule has 0 atom stereocenters. The lowest BCUT2D eigenvalue weighted by Gasteiger charge is -2.28. The minimum Gasteiger partial charge on any atom is -0.400 e. The van der Waals surface area contributed by atoms with Gasteiger partial charge in [0.25, 0.3) is 0 Å². The normalized spacial score (nSPS) is 11.3. The largest absolute Gasteiger partial charge is 0.500 e. The van der Waals surface area contributed by atoms with Gasteiger partial charge >= 0.3 is 17.6 Å². The van der Waals surface area contributed by atoms with Crippen molar-refractivity contribution < 1.29 is 31.7 Å². The molecule has 0 heterocycles. The molecule has 9 nitrogen and oxygen atoms in total. The molecule has 0 aliphatic carbocycles. The molecule has 0 bridgehead atoms. The van der Waals surface area contributed by atoms with Crippen LogP contribution in [0.3, 0.4) is 0 Å². The standard InChI is InChI=1S/C9H23NO3Si.C6H17NO3Si.CH4O/c1-4-11-14(12-5-2,13-6-3)9-7-8-10;1-8-11(9-2,10-3)6-4-5-7;1-2/h4-10H2,1-3H3;4-7H2,1-3H3;2H,1H3. The van der Waals surface area contributed by atoms with E-state index in [1.54, 1.807) is 21.3 Å². The summed E-state index contributed by atoms with van der Waals surface area (Å²) in [4.78, 5) is 0. The Balaban J connectivity index is -0.000000400. The third-order valence-corrected chi connectivity index (χ3v) is 9.38. The van der Waals surface area contributed by atoms with Gasteiger partial charge in [-0.3, -0.25) is 0 Å². The van der Waals surface area contributed by atoms with Crippen molar-refractivity contribution in [2.45, 2.75) is 45.7 Å². The van der Waals surface area contributed by atoms with Gasteiger partial charge in [-0.1, -0.05) is 0 Å². The summed E-state index contributed by atoms with van der Waals surface area (Å²) in [6.45, 7) is 9.09. The summed E-state index contributed by atoms with van der Waals surface area (Å²) in [6.07, 6.45) is 1.77. The lowest BCUT2D eigenvalue weighted by atomic mass is 10.5. The lowest BCUT2D eigenvalue weighted by Crippen LogP contribution is -2.46. The lowest BCUT2D eigenvalue weighted by molar-refractivity contribution is 0.0710. The van der Waals surface area contributed by atoms with Crippen LogP contribution in [0.4, 0.5) is 0 Å². The molecule has 0 aliphatic rings. The number of hydrogen-bond donors (Lipinski definition) is 3. The molecule has 0 amide bonds. The van der Waals surface area contributed by atoms with Gasteiger partial charge in [0.2, 0.25) is 0 Å². The smallest absolute Gasteiger partial charge is 0.400 e. The van der Waals surface area contributed by atoms with Crippen LogP contribution in [-0.2, 0) is 26.6 Å². The SMILES string of the molecule is CCO[Si](CCCN)(OCC)OCC.CO.CO[Si](CCCN)(OC)OC. The number of hydrogen-bond acceptors (Lipinski definition) is 9.